The molecule has 0 fully saturated rings. The molecule has 0 aliphatic heterocycles. The number of fused-ring (bicyclic) bond motifs is 2. The van der Waals surface area contributed by atoms with E-state index < -0.39 is 0 Å². The molecule has 0 aliphatic rings. The van der Waals surface area contributed by atoms with Gasteiger partial charge >= 0.3 is 0 Å². The molecular weight excluding hydrogens is 418 g/mol. The summed E-state index contributed by atoms with van der Waals surface area (Å²) >= 11 is 7.13. The summed E-state index contributed by atoms with van der Waals surface area (Å²) in [4.78, 5) is 6.71. The van der Waals surface area contributed by atoms with Gasteiger partial charge in [-0.1, -0.05) is 31.9 Å². The first-order chi connectivity index (χ1) is 11.2. The second-order valence-corrected chi connectivity index (χ2v) is 7.49. The van der Waals surface area contributed by atoms with Crippen molar-refractivity contribution in [2.45, 2.75) is 5.92 Å². The van der Waals surface area contributed by atoms with Gasteiger partial charge in [-0.05, 0) is 47.5 Å². The zero-order valence-electron chi connectivity index (χ0n) is 12.2. The van der Waals surface area contributed by atoms with E-state index in [-0.39, 0.29) is 5.92 Å². The minimum absolute atomic E-state index is 0.140. The first kappa shape index (κ1) is 15.0. The van der Waals surface area contributed by atoms with Crippen molar-refractivity contribution < 1.29 is 0 Å². The number of H-pyrrole nitrogens is 2. The fourth-order valence-corrected chi connectivity index (χ4v) is 3.95. The van der Waals surface area contributed by atoms with Crippen molar-refractivity contribution in [1.82, 2.24) is 9.97 Å². The quantitative estimate of drug-likeness (QED) is 0.406. The number of rotatable bonds is 3. The van der Waals surface area contributed by atoms with Crippen LogP contribution in [0.5, 0.6) is 0 Å². The molecular formula is C18H15Br2N3. The molecule has 0 amide bonds. The van der Waals surface area contributed by atoms with E-state index in [0.29, 0.717) is 6.54 Å². The van der Waals surface area contributed by atoms with Crippen LogP contribution in [0.15, 0.2) is 57.7 Å². The van der Waals surface area contributed by atoms with E-state index >= 15 is 0 Å². The fraction of sp³-hybridized carbons (Fsp3) is 0.111. The lowest BCUT2D eigenvalue weighted by Gasteiger charge is -2.14. The van der Waals surface area contributed by atoms with Gasteiger partial charge in [0.25, 0.3) is 0 Å². The third-order valence-corrected chi connectivity index (χ3v) is 5.32. The van der Waals surface area contributed by atoms with Crippen molar-refractivity contribution in [2.24, 2.45) is 5.73 Å². The highest BCUT2D eigenvalue weighted by molar-refractivity contribution is 9.10. The molecule has 0 unspecified atom stereocenters. The van der Waals surface area contributed by atoms with E-state index in [1.165, 1.54) is 21.9 Å². The zero-order chi connectivity index (χ0) is 16.0. The summed E-state index contributed by atoms with van der Waals surface area (Å²) < 4.78 is 2.14. The highest BCUT2D eigenvalue weighted by atomic mass is 79.9. The number of hydrogen-bond acceptors (Lipinski definition) is 1. The molecule has 2 aromatic carbocycles. The maximum Gasteiger partial charge on any atom is 0.0457 e. The first-order valence-corrected chi connectivity index (χ1v) is 8.99. The van der Waals surface area contributed by atoms with Gasteiger partial charge in [-0.2, -0.15) is 0 Å². The van der Waals surface area contributed by atoms with Crippen LogP contribution >= 0.6 is 31.9 Å². The topological polar surface area (TPSA) is 57.6 Å². The Balaban J connectivity index is 1.92. The molecule has 0 saturated carbocycles. The Morgan fingerprint density at radius 2 is 1.30 bits per heavy atom. The van der Waals surface area contributed by atoms with Crippen molar-refractivity contribution >= 4 is 53.7 Å². The van der Waals surface area contributed by atoms with Crippen LogP contribution in [0.2, 0.25) is 0 Å². The maximum absolute atomic E-state index is 6.16. The van der Waals surface area contributed by atoms with Gasteiger partial charge in [0.2, 0.25) is 0 Å². The lowest BCUT2D eigenvalue weighted by molar-refractivity contribution is 0.832. The van der Waals surface area contributed by atoms with Crippen LogP contribution in [0, 0.1) is 0 Å². The average Bonchev–Trinajstić information content (AvgIpc) is 3.13. The van der Waals surface area contributed by atoms with E-state index in [1.807, 2.05) is 12.1 Å². The Labute approximate surface area is 150 Å². The van der Waals surface area contributed by atoms with Crippen LogP contribution in [-0.4, -0.2) is 16.5 Å². The lowest BCUT2D eigenvalue weighted by Crippen LogP contribution is -2.13. The predicted molar refractivity (Wildman–Crippen MR) is 103 cm³/mol. The SMILES string of the molecule is NCC(c1c[nH]c2ccc(Br)cc12)c1c[nH]c2ccc(Br)cc12. The monoisotopic (exact) mass is 431 g/mol. The van der Waals surface area contributed by atoms with Gasteiger partial charge in [-0.25, -0.2) is 0 Å². The third-order valence-electron chi connectivity index (χ3n) is 4.34. The number of aromatic amines is 2. The van der Waals surface area contributed by atoms with E-state index in [9.17, 15) is 0 Å². The Bertz CT molecular complexity index is 920. The van der Waals surface area contributed by atoms with E-state index in [4.69, 9.17) is 5.73 Å². The molecule has 3 nitrogen and oxygen atoms in total. The van der Waals surface area contributed by atoms with Gasteiger partial charge in [-0.3, -0.25) is 0 Å². The first-order valence-electron chi connectivity index (χ1n) is 7.40. The van der Waals surface area contributed by atoms with Crippen molar-refractivity contribution in [2.75, 3.05) is 6.54 Å². The largest absolute Gasteiger partial charge is 0.361 e. The molecule has 0 aliphatic carbocycles. The highest BCUT2D eigenvalue weighted by Crippen LogP contribution is 2.35. The fourth-order valence-electron chi connectivity index (χ4n) is 3.23. The molecule has 0 bridgehead atoms. The van der Waals surface area contributed by atoms with E-state index in [2.05, 4.69) is 78.5 Å². The molecule has 0 radical (unpaired) electrons. The van der Waals surface area contributed by atoms with Gasteiger partial charge < -0.3 is 15.7 Å². The summed E-state index contributed by atoms with van der Waals surface area (Å²) in [5, 5.41) is 2.42. The van der Waals surface area contributed by atoms with E-state index in [0.717, 1.165) is 20.0 Å². The molecule has 23 heavy (non-hydrogen) atoms. The molecule has 0 saturated heterocycles. The van der Waals surface area contributed by atoms with E-state index in [1.54, 1.807) is 0 Å². The normalized spacial score (nSPS) is 11.8. The average molecular weight is 433 g/mol. The zero-order valence-corrected chi connectivity index (χ0v) is 15.4. The highest BCUT2D eigenvalue weighted by Gasteiger charge is 2.20. The molecule has 5 heteroatoms. The van der Waals surface area contributed by atoms with Gasteiger partial charge in [0.15, 0.2) is 0 Å². The molecule has 0 spiro atoms. The molecule has 2 heterocycles. The Hall–Kier alpha value is -1.56. The molecule has 4 N–H and O–H groups in total. The summed E-state index contributed by atoms with van der Waals surface area (Å²) in [6.45, 7) is 0.554. The molecule has 116 valence electrons. The number of nitrogens with one attached hydrogen (secondary N) is 2. The summed E-state index contributed by atoms with van der Waals surface area (Å²) in [5.74, 6) is 0.140. The van der Waals surface area contributed by atoms with Crippen LogP contribution in [0.25, 0.3) is 21.8 Å². The third kappa shape index (κ3) is 2.53. The Morgan fingerprint density at radius 1 is 0.826 bits per heavy atom. The van der Waals surface area contributed by atoms with Gasteiger partial charge in [0.05, 0.1) is 0 Å². The Kier molecular flexibility index (Phi) is 3.79. The van der Waals surface area contributed by atoms with Crippen molar-refractivity contribution in [3.63, 3.8) is 0 Å². The summed E-state index contributed by atoms with van der Waals surface area (Å²) in [7, 11) is 0. The predicted octanol–water partition coefficient (Wildman–Crippen LogP) is 5.26. The van der Waals surface area contributed by atoms with Crippen LogP contribution < -0.4 is 5.73 Å². The molecule has 4 aromatic rings. The number of halogens is 2. The second kappa shape index (κ2) is 5.82. The Morgan fingerprint density at radius 3 is 1.74 bits per heavy atom. The van der Waals surface area contributed by atoms with Crippen LogP contribution in [0.3, 0.4) is 0 Å². The minimum atomic E-state index is 0.140. The number of benzene rings is 2. The standard InChI is InChI=1S/C18H15Br2N3/c19-10-1-3-17-12(5-10)15(8-22-17)14(7-21)16-9-23-18-4-2-11(20)6-13(16)18/h1-6,8-9,14,22-23H,7,21H2. The summed E-state index contributed by atoms with van der Waals surface area (Å²) in [6.07, 6.45) is 4.15. The second-order valence-electron chi connectivity index (χ2n) is 5.66. The molecule has 2 aromatic heterocycles. The van der Waals surface area contributed by atoms with Crippen LogP contribution in [-0.2, 0) is 0 Å². The van der Waals surface area contributed by atoms with Crippen LogP contribution in [0.1, 0.15) is 17.0 Å². The van der Waals surface area contributed by atoms with Gasteiger partial charge in [-0.15, -0.1) is 0 Å². The maximum atomic E-state index is 6.16. The van der Waals surface area contributed by atoms with Crippen LogP contribution in [0.4, 0.5) is 0 Å². The summed E-state index contributed by atoms with van der Waals surface area (Å²) in [6, 6.07) is 12.6. The number of hydrogen-bond donors (Lipinski definition) is 3. The molecule has 0 atom stereocenters. The van der Waals surface area contributed by atoms with Gasteiger partial charge in [0.1, 0.15) is 0 Å². The number of aromatic nitrogens is 2. The minimum Gasteiger partial charge on any atom is -0.361 e. The van der Waals surface area contributed by atoms with Gasteiger partial charge in [0, 0.05) is 55.6 Å². The lowest BCUT2D eigenvalue weighted by atomic mass is 9.91. The van der Waals surface area contributed by atoms with Crippen molar-refractivity contribution in [3.8, 4) is 0 Å². The van der Waals surface area contributed by atoms with Crippen molar-refractivity contribution in [1.29, 1.82) is 0 Å². The smallest absolute Gasteiger partial charge is 0.0457 e. The number of nitrogens with two attached hydrogens (primary N) is 1. The molecule has 4 rings (SSSR count). The summed E-state index contributed by atoms with van der Waals surface area (Å²) in [5.41, 5.74) is 10.9. The van der Waals surface area contributed by atoms with Crippen molar-refractivity contribution in [3.05, 3.63) is 68.9 Å².